The fourth-order valence-corrected chi connectivity index (χ4v) is 4.27. The first kappa shape index (κ1) is 15.1. The fraction of sp³-hybridized carbons (Fsp3) is 0.611. The highest BCUT2D eigenvalue weighted by Gasteiger charge is 2.50. The SMILES string of the molecule is O=C(C1CC2(COCN2)C1)N1CCC(c2cccc(F)c2)CC1. The molecule has 2 heterocycles. The van der Waals surface area contributed by atoms with Crippen molar-refractivity contribution in [1.82, 2.24) is 10.2 Å². The smallest absolute Gasteiger partial charge is 0.225 e. The Labute approximate surface area is 136 Å². The summed E-state index contributed by atoms with van der Waals surface area (Å²) in [4.78, 5) is 14.6. The number of nitrogens with one attached hydrogen (secondary N) is 1. The second-order valence-corrected chi connectivity index (χ2v) is 7.21. The van der Waals surface area contributed by atoms with Crippen molar-refractivity contribution in [3.05, 3.63) is 35.6 Å². The molecule has 0 unspecified atom stereocenters. The fourth-order valence-electron chi connectivity index (χ4n) is 4.27. The zero-order valence-electron chi connectivity index (χ0n) is 13.3. The summed E-state index contributed by atoms with van der Waals surface area (Å²) in [6.07, 6.45) is 3.65. The summed E-state index contributed by atoms with van der Waals surface area (Å²) in [5.41, 5.74) is 1.13. The highest BCUT2D eigenvalue weighted by atomic mass is 19.1. The molecule has 0 bridgehead atoms. The van der Waals surface area contributed by atoms with E-state index in [1.165, 1.54) is 6.07 Å². The van der Waals surface area contributed by atoms with Crippen LogP contribution in [0.4, 0.5) is 4.39 Å². The van der Waals surface area contributed by atoms with Gasteiger partial charge in [0.05, 0.1) is 13.3 Å². The molecule has 1 spiro atoms. The molecule has 0 aromatic heterocycles. The number of nitrogens with zero attached hydrogens (tertiary/aromatic N) is 1. The number of hydrogen-bond donors (Lipinski definition) is 1. The molecule has 4 rings (SSSR count). The Morgan fingerprint density at radius 3 is 2.74 bits per heavy atom. The summed E-state index contributed by atoms with van der Waals surface area (Å²) in [5, 5.41) is 3.36. The molecule has 1 N–H and O–H groups in total. The Bertz CT molecular complexity index is 584. The van der Waals surface area contributed by atoms with E-state index in [9.17, 15) is 9.18 Å². The number of benzene rings is 1. The summed E-state index contributed by atoms with van der Waals surface area (Å²) in [7, 11) is 0. The van der Waals surface area contributed by atoms with E-state index >= 15 is 0 Å². The van der Waals surface area contributed by atoms with Gasteiger partial charge in [0, 0.05) is 24.5 Å². The number of piperidine rings is 1. The van der Waals surface area contributed by atoms with Crippen LogP contribution in [0.15, 0.2) is 24.3 Å². The highest BCUT2D eigenvalue weighted by Crippen LogP contribution is 2.41. The second kappa shape index (κ2) is 5.87. The van der Waals surface area contributed by atoms with Crippen LogP contribution in [0.1, 0.15) is 37.2 Å². The number of rotatable bonds is 2. The Hall–Kier alpha value is -1.46. The predicted molar refractivity (Wildman–Crippen MR) is 84.4 cm³/mol. The van der Waals surface area contributed by atoms with Crippen LogP contribution in [0.5, 0.6) is 0 Å². The second-order valence-electron chi connectivity index (χ2n) is 7.21. The Morgan fingerprint density at radius 1 is 1.30 bits per heavy atom. The summed E-state index contributed by atoms with van der Waals surface area (Å²) in [6.45, 7) is 2.92. The van der Waals surface area contributed by atoms with Gasteiger partial charge in [0.1, 0.15) is 5.82 Å². The molecule has 124 valence electrons. The minimum absolute atomic E-state index is 0.0697. The summed E-state index contributed by atoms with van der Waals surface area (Å²) >= 11 is 0. The molecule has 2 aliphatic heterocycles. The quantitative estimate of drug-likeness (QED) is 0.909. The first-order chi connectivity index (χ1) is 11.2. The van der Waals surface area contributed by atoms with Gasteiger partial charge in [0.15, 0.2) is 0 Å². The third kappa shape index (κ3) is 2.88. The van der Waals surface area contributed by atoms with Crippen LogP contribution >= 0.6 is 0 Å². The van der Waals surface area contributed by atoms with E-state index in [1.54, 1.807) is 12.1 Å². The molecule has 3 fully saturated rings. The molecule has 1 aromatic carbocycles. The van der Waals surface area contributed by atoms with E-state index in [1.807, 2.05) is 11.0 Å². The largest absolute Gasteiger partial charge is 0.364 e. The van der Waals surface area contributed by atoms with Crippen molar-refractivity contribution in [3.63, 3.8) is 0 Å². The summed E-state index contributed by atoms with van der Waals surface area (Å²) in [6, 6.07) is 6.87. The summed E-state index contributed by atoms with van der Waals surface area (Å²) in [5.74, 6) is 0.636. The molecule has 4 nitrogen and oxygen atoms in total. The first-order valence-corrected chi connectivity index (χ1v) is 8.52. The standard InChI is InChI=1S/C18H23FN2O2/c19-16-3-1-2-14(8-16)13-4-6-21(7-5-13)17(22)15-9-18(10-15)11-23-12-20-18/h1-3,8,13,15,20H,4-7,9-12H2. The van der Waals surface area contributed by atoms with Gasteiger partial charge in [-0.15, -0.1) is 0 Å². The monoisotopic (exact) mass is 318 g/mol. The van der Waals surface area contributed by atoms with Crippen molar-refractivity contribution in [2.24, 2.45) is 5.92 Å². The lowest BCUT2D eigenvalue weighted by atomic mass is 9.68. The van der Waals surface area contributed by atoms with Gasteiger partial charge < -0.3 is 9.64 Å². The molecule has 0 radical (unpaired) electrons. The number of amides is 1. The number of hydrogen-bond acceptors (Lipinski definition) is 3. The predicted octanol–water partition coefficient (Wildman–Crippen LogP) is 2.26. The maximum absolute atomic E-state index is 13.4. The van der Waals surface area contributed by atoms with Gasteiger partial charge in [-0.25, -0.2) is 4.39 Å². The topological polar surface area (TPSA) is 41.6 Å². The number of carbonyl (C=O) groups is 1. The third-order valence-corrected chi connectivity index (χ3v) is 5.68. The van der Waals surface area contributed by atoms with E-state index in [4.69, 9.17) is 4.74 Å². The van der Waals surface area contributed by atoms with Crippen LogP contribution in [0.25, 0.3) is 0 Å². The van der Waals surface area contributed by atoms with Gasteiger partial charge in [0.2, 0.25) is 5.91 Å². The molecule has 1 amide bonds. The van der Waals surface area contributed by atoms with E-state index in [2.05, 4.69) is 5.32 Å². The molecule has 1 saturated carbocycles. The van der Waals surface area contributed by atoms with Crippen molar-refractivity contribution in [2.45, 2.75) is 37.1 Å². The molecule has 1 aromatic rings. The van der Waals surface area contributed by atoms with E-state index in [0.717, 1.165) is 50.9 Å². The van der Waals surface area contributed by atoms with Gasteiger partial charge in [-0.3, -0.25) is 10.1 Å². The maximum atomic E-state index is 13.4. The normalized spacial score (nSPS) is 31.3. The molecule has 0 atom stereocenters. The van der Waals surface area contributed by atoms with Crippen LogP contribution in [0.3, 0.4) is 0 Å². The van der Waals surface area contributed by atoms with Crippen LogP contribution in [-0.2, 0) is 9.53 Å². The molecule has 3 aliphatic rings. The van der Waals surface area contributed by atoms with Crippen molar-refractivity contribution >= 4 is 5.91 Å². The average molecular weight is 318 g/mol. The zero-order valence-corrected chi connectivity index (χ0v) is 13.3. The lowest BCUT2D eigenvalue weighted by Crippen LogP contribution is -2.58. The number of carbonyl (C=O) groups excluding carboxylic acids is 1. The van der Waals surface area contributed by atoms with Gasteiger partial charge in [0.25, 0.3) is 0 Å². The van der Waals surface area contributed by atoms with Crippen LogP contribution < -0.4 is 5.32 Å². The van der Waals surface area contributed by atoms with Gasteiger partial charge >= 0.3 is 0 Å². The van der Waals surface area contributed by atoms with Gasteiger partial charge in [-0.05, 0) is 49.3 Å². The molecular weight excluding hydrogens is 295 g/mol. The van der Waals surface area contributed by atoms with E-state index in [0.29, 0.717) is 18.6 Å². The van der Waals surface area contributed by atoms with E-state index < -0.39 is 0 Å². The average Bonchev–Trinajstić information content (AvgIpc) is 3.03. The highest BCUT2D eigenvalue weighted by molar-refractivity contribution is 5.80. The molecule has 23 heavy (non-hydrogen) atoms. The summed E-state index contributed by atoms with van der Waals surface area (Å²) < 4.78 is 18.7. The molecule has 1 aliphatic carbocycles. The van der Waals surface area contributed by atoms with Crippen molar-refractivity contribution < 1.29 is 13.9 Å². The van der Waals surface area contributed by atoms with Crippen LogP contribution in [0.2, 0.25) is 0 Å². The maximum Gasteiger partial charge on any atom is 0.225 e. The number of halogens is 1. The van der Waals surface area contributed by atoms with Crippen molar-refractivity contribution in [2.75, 3.05) is 26.4 Å². The van der Waals surface area contributed by atoms with Gasteiger partial charge in [-0.1, -0.05) is 12.1 Å². The van der Waals surface area contributed by atoms with Crippen molar-refractivity contribution in [3.8, 4) is 0 Å². The minimum Gasteiger partial charge on any atom is -0.364 e. The van der Waals surface area contributed by atoms with Crippen molar-refractivity contribution in [1.29, 1.82) is 0 Å². The number of ether oxygens (including phenoxy) is 1. The van der Waals surface area contributed by atoms with Crippen LogP contribution in [0, 0.1) is 11.7 Å². The Kier molecular flexibility index (Phi) is 3.85. The third-order valence-electron chi connectivity index (χ3n) is 5.68. The lowest BCUT2D eigenvalue weighted by Gasteiger charge is -2.45. The number of likely N-dealkylation sites (tertiary alicyclic amines) is 1. The van der Waals surface area contributed by atoms with E-state index in [-0.39, 0.29) is 17.3 Å². The lowest BCUT2D eigenvalue weighted by molar-refractivity contribution is -0.142. The van der Waals surface area contributed by atoms with Crippen LogP contribution in [-0.4, -0.2) is 42.8 Å². The Balaban J connectivity index is 1.30. The molecular formula is C18H23FN2O2. The first-order valence-electron chi connectivity index (χ1n) is 8.52. The molecule has 5 heteroatoms. The zero-order chi connectivity index (χ0) is 15.9. The molecule has 2 saturated heterocycles. The Morgan fingerprint density at radius 2 is 2.09 bits per heavy atom. The minimum atomic E-state index is -0.174. The van der Waals surface area contributed by atoms with Gasteiger partial charge in [-0.2, -0.15) is 0 Å².